The van der Waals surface area contributed by atoms with E-state index >= 15 is 0 Å². The summed E-state index contributed by atoms with van der Waals surface area (Å²) in [5.41, 5.74) is 0.0654. The van der Waals surface area contributed by atoms with Crippen LogP contribution in [0.25, 0.3) is 0 Å². The molecule has 9 heteroatoms. The summed E-state index contributed by atoms with van der Waals surface area (Å²) in [7, 11) is -1.59. The van der Waals surface area contributed by atoms with E-state index in [1.54, 1.807) is 0 Å². The summed E-state index contributed by atoms with van der Waals surface area (Å²) >= 11 is 0. The van der Waals surface area contributed by atoms with E-state index in [0.717, 1.165) is 6.07 Å². The Morgan fingerprint density at radius 3 is 2.55 bits per heavy atom. The molecule has 31 heavy (non-hydrogen) atoms. The third kappa shape index (κ3) is 7.12. The summed E-state index contributed by atoms with van der Waals surface area (Å²) < 4.78 is 33.0. The van der Waals surface area contributed by atoms with Gasteiger partial charge in [0.1, 0.15) is 6.04 Å². The van der Waals surface area contributed by atoms with Gasteiger partial charge in [0.25, 0.3) is 0 Å². The second-order valence-corrected chi connectivity index (χ2v) is 15.0. The number of carbonyl (C=O) groups is 3. The van der Waals surface area contributed by atoms with Crippen molar-refractivity contribution >= 4 is 25.9 Å². The van der Waals surface area contributed by atoms with Crippen LogP contribution in [0.5, 0.6) is 0 Å². The van der Waals surface area contributed by atoms with Gasteiger partial charge in [-0.1, -0.05) is 45.6 Å². The van der Waals surface area contributed by atoms with E-state index in [1.165, 1.54) is 17.0 Å². The number of rotatable bonds is 9. The SMILES string of the molecule is CC(C)[C@H](NC(=O)C[C@@H]1CCC(=O)N1Cc1cccc(F)c1F)C(=O)OC[Si](C)(C)C. The molecule has 2 amide bonds. The fraction of sp³-hybridized carbons (Fsp3) is 0.591. The molecule has 1 saturated heterocycles. The average Bonchev–Trinajstić information content (AvgIpc) is 3.00. The summed E-state index contributed by atoms with van der Waals surface area (Å²) in [6.45, 7) is 9.77. The summed E-state index contributed by atoms with van der Waals surface area (Å²) in [4.78, 5) is 38.8. The van der Waals surface area contributed by atoms with E-state index in [-0.39, 0.29) is 42.7 Å². The Kier molecular flexibility index (Phi) is 8.33. The Labute approximate surface area is 183 Å². The van der Waals surface area contributed by atoms with Crippen molar-refractivity contribution in [2.24, 2.45) is 5.92 Å². The average molecular weight is 455 g/mol. The fourth-order valence-corrected chi connectivity index (χ4v) is 3.97. The van der Waals surface area contributed by atoms with Crippen LogP contribution in [-0.4, -0.2) is 49.1 Å². The maximum absolute atomic E-state index is 14.0. The summed E-state index contributed by atoms with van der Waals surface area (Å²) in [6, 6.07) is 2.60. The molecule has 0 aromatic heterocycles. The van der Waals surface area contributed by atoms with Crippen molar-refractivity contribution < 1.29 is 27.9 Å². The van der Waals surface area contributed by atoms with E-state index in [2.05, 4.69) is 25.0 Å². The number of likely N-dealkylation sites (tertiary alicyclic amines) is 1. The summed E-state index contributed by atoms with van der Waals surface area (Å²) in [5, 5.41) is 2.73. The van der Waals surface area contributed by atoms with Crippen LogP contribution in [0.2, 0.25) is 19.6 Å². The van der Waals surface area contributed by atoms with Gasteiger partial charge in [-0.3, -0.25) is 9.59 Å². The first-order valence-corrected chi connectivity index (χ1v) is 14.3. The molecule has 0 bridgehead atoms. The highest BCUT2D eigenvalue weighted by Crippen LogP contribution is 2.25. The van der Waals surface area contributed by atoms with Gasteiger partial charge in [0, 0.05) is 31.0 Å². The molecule has 0 saturated carbocycles. The van der Waals surface area contributed by atoms with Crippen LogP contribution < -0.4 is 5.32 Å². The Morgan fingerprint density at radius 1 is 1.26 bits per heavy atom. The van der Waals surface area contributed by atoms with Crippen molar-refractivity contribution in [3.05, 3.63) is 35.4 Å². The number of carbonyl (C=O) groups excluding carboxylic acids is 3. The molecule has 1 aromatic rings. The van der Waals surface area contributed by atoms with Crippen molar-refractivity contribution in [1.82, 2.24) is 10.2 Å². The number of benzene rings is 1. The molecule has 0 unspecified atom stereocenters. The summed E-state index contributed by atoms with van der Waals surface area (Å²) in [5.74, 6) is -3.19. The number of esters is 1. The van der Waals surface area contributed by atoms with Gasteiger partial charge in [0.15, 0.2) is 11.6 Å². The highest BCUT2D eigenvalue weighted by molar-refractivity contribution is 6.76. The predicted octanol–water partition coefficient (Wildman–Crippen LogP) is 3.41. The van der Waals surface area contributed by atoms with Gasteiger partial charge in [-0.15, -0.1) is 0 Å². The molecule has 2 atom stereocenters. The van der Waals surface area contributed by atoms with Gasteiger partial charge in [-0.2, -0.15) is 0 Å². The number of hydrogen-bond donors (Lipinski definition) is 1. The van der Waals surface area contributed by atoms with Gasteiger partial charge in [-0.25, -0.2) is 13.6 Å². The Balaban J connectivity index is 2.02. The number of hydrogen-bond acceptors (Lipinski definition) is 4. The highest BCUT2D eigenvalue weighted by atomic mass is 28.3. The first kappa shape index (κ1) is 25.0. The second kappa shape index (κ2) is 10.3. The first-order chi connectivity index (χ1) is 14.4. The van der Waals surface area contributed by atoms with Gasteiger partial charge in [-0.05, 0) is 18.4 Å². The third-order valence-corrected chi connectivity index (χ3v) is 6.14. The maximum atomic E-state index is 14.0. The molecule has 1 fully saturated rings. The van der Waals surface area contributed by atoms with Crippen LogP contribution in [-0.2, 0) is 25.7 Å². The largest absolute Gasteiger partial charge is 0.468 e. The topological polar surface area (TPSA) is 75.7 Å². The second-order valence-electron chi connectivity index (χ2n) is 9.59. The molecule has 172 valence electrons. The fourth-order valence-electron chi connectivity index (χ4n) is 3.40. The van der Waals surface area contributed by atoms with Crippen molar-refractivity contribution in [1.29, 1.82) is 0 Å². The number of nitrogens with one attached hydrogen (secondary N) is 1. The van der Waals surface area contributed by atoms with Crippen LogP contribution in [0.3, 0.4) is 0 Å². The predicted molar refractivity (Wildman–Crippen MR) is 116 cm³/mol. The molecular formula is C22H32F2N2O4Si. The van der Waals surface area contributed by atoms with Crippen LogP contribution >= 0.6 is 0 Å². The van der Waals surface area contributed by atoms with Crippen molar-refractivity contribution in [3.63, 3.8) is 0 Å². The number of amides is 2. The Bertz CT molecular complexity index is 826. The molecule has 1 heterocycles. The van der Waals surface area contributed by atoms with Crippen molar-refractivity contribution in [2.45, 2.75) is 71.4 Å². The zero-order valence-corrected chi connectivity index (χ0v) is 19.8. The van der Waals surface area contributed by atoms with Crippen molar-refractivity contribution in [2.75, 3.05) is 6.23 Å². The van der Waals surface area contributed by atoms with E-state index in [0.29, 0.717) is 12.7 Å². The molecule has 1 aromatic carbocycles. The van der Waals surface area contributed by atoms with Crippen molar-refractivity contribution in [3.8, 4) is 0 Å². The zero-order valence-electron chi connectivity index (χ0n) is 18.8. The number of halogens is 2. The minimum Gasteiger partial charge on any atom is -0.468 e. The lowest BCUT2D eigenvalue weighted by atomic mass is 10.0. The molecule has 1 N–H and O–H groups in total. The van der Waals surface area contributed by atoms with Gasteiger partial charge >= 0.3 is 5.97 Å². The lowest BCUT2D eigenvalue weighted by Crippen LogP contribution is -2.48. The monoisotopic (exact) mass is 454 g/mol. The van der Waals surface area contributed by atoms with E-state index < -0.39 is 37.8 Å². The molecule has 1 aliphatic rings. The molecule has 0 spiro atoms. The van der Waals surface area contributed by atoms with E-state index in [1.807, 2.05) is 13.8 Å². The normalized spacial score (nSPS) is 17.7. The standard InChI is InChI=1S/C22H32F2N2O4Si/c1-14(2)21(22(29)30-13-31(3,4)5)25-18(27)11-16-9-10-19(28)26(16)12-15-7-6-8-17(23)20(15)24/h6-8,14,16,21H,9-13H2,1-5H3,(H,25,27)/t16-,21-/m0/s1. The molecule has 0 radical (unpaired) electrons. The van der Waals surface area contributed by atoms with Crippen LogP contribution in [0.1, 0.15) is 38.7 Å². The van der Waals surface area contributed by atoms with Gasteiger partial charge in [0.05, 0.1) is 14.3 Å². The first-order valence-electron chi connectivity index (χ1n) is 10.6. The highest BCUT2D eigenvalue weighted by Gasteiger charge is 2.35. The number of nitrogens with zero attached hydrogens (tertiary/aromatic N) is 1. The minimum atomic E-state index is -1.59. The van der Waals surface area contributed by atoms with Crippen LogP contribution in [0, 0.1) is 17.6 Å². The molecular weight excluding hydrogens is 422 g/mol. The molecule has 0 aliphatic carbocycles. The minimum absolute atomic E-state index is 0.0206. The molecule has 6 nitrogen and oxygen atoms in total. The third-order valence-electron chi connectivity index (χ3n) is 5.13. The van der Waals surface area contributed by atoms with E-state index in [4.69, 9.17) is 4.74 Å². The molecule has 2 rings (SSSR count). The molecule has 1 aliphatic heterocycles. The lowest BCUT2D eigenvalue weighted by molar-refractivity contribution is -0.147. The Hall–Kier alpha value is -2.29. The quantitative estimate of drug-likeness (QED) is 0.458. The Morgan fingerprint density at radius 2 is 1.94 bits per heavy atom. The zero-order chi connectivity index (χ0) is 23.3. The maximum Gasteiger partial charge on any atom is 0.328 e. The number of ether oxygens (including phenoxy) is 1. The van der Waals surface area contributed by atoms with Gasteiger partial charge in [0.2, 0.25) is 11.8 Å². The van der Waals surface area contributed by atoms with Gasteiger partial charge < -0.3 is 15.0 Å². The summed E-state index contributed by atoms with van der Waals surface area (Å²) in [6.07, 6.45) is 1.03. The van der Waals surface area contributed by atoms with Crippen LogP contribution in [0.4, 0.5) is 8.78 Å². The smallest absolute Gasteiger partial charge is 0.328 e. The van der Waals surface area contributed by atoms with E-state index in [9.17, 15) is 23.2 Å². The lowest BCUT2D eigenvalue weighted by Gasteiger charge is -2.27. The van der Waals surface area contributed by atoms with Crippen LogP contribution in [0.15, 0.2) is 18.2 Å².